The molecular weight excluding hydrogens is 374 g/mol. The van der Waals surface area contributed by atoms with Gasteiger partial charge in [-0.25, -0.2) is 0 Å². The molecule has 1 aliphatic rings. The number of anilines is 1. The number of amides is 1. The van der Waals surface area contributed by atoms with Crippen molar-refractivity contribution in [3.8, 4) is 11.5 Å². The summed E-state index contributed by atoms with van der Waals surface area (Å²) in [4.78, 5) is 20.5. The molecule has 0 unspecified atom stereocenters. The Balaban J connectivity index is 1.28. The Bertz CT molecular complexity index is 1150. The molecule has 5 rings (SSSR count). The van der Waals surface area contributed by atoms with E-state index in [-0.39, 0.29) is 5.91 Å². The van der Waals surface area contributed by atoms with Crippen LogP contribution in [0, 0.1) is 0 Å². The predicted molar refractivity (Wildman–Crippen MR) is 119 cm³/mol. The maximum absolute atomic E-state index is 13.0. The number of aromatic amines is 1. The van der Waals surface area contributed by atoms with Gasteiger partial charge in [-0.1, -0.05) is 36.4 Å². The van der Waals surface area contributed by atoms with E-state index < -0.39 is 0 Å². The highest BCUT2D eigenvalue weighted by atomic mass is 16.5. The number of hydrogen-bond acceptors (Lipinski definition) is 3. The standard InChI is InChI=1S/C25H23N3O2/c29-25(28-15-13-27(14-16-28)20-7-3-1-4-8-20)24-18-19-17-22(11-12-23(19)26-24)30-21-9-5-2-6-10-21/h1-12,17-18,26H,13-16H2. The van der Waals surface area contributed by atoms with Crippen molar-refractivity contribution < 1.29 is 9.53 Å². The van der Waals surface area contributed by atoms with Crippen LogP contribution in [-0.2, 0) is 0 Å². The number of aromatic nitrogens is 1. The average Bonchev–Trinajstić information content (AvgIpc) is 3.23. The summed E-state index contributed by atoms with van der Waals surface area (Å²) in [5, 5.41) is 0.967. The SMILES string of the molecule is O=C(c1cc2cc(Oc3ccccc3)ccc2[nH]1)N1CCN(c2ccccc2)CC1. The van der Waals surface area contributed by atoms with E-state index in [0.29, 0.717) is 18.8 Å². The molecule has 5 heteroatoms. The fraction of sp³-hybridized carbons (Fsp3) is 0.160. The number of rotatable bonds is 4. The van der Waals surface area contributed by atoms with Crippen LogP contribution in [0.2, 0.25) is 0 Å². The lowest BCUT2D eigenvalue weighted by Gasteiger charge is -2.36. The van der Waals surface area contributed by atoms with Crippen molar-refractivity contribution in [2.24, 2.45) is 0 Å². The van der Waals surface area contributed by atoms with Gasteiger partial charge >= 0.3 is 0 Å². The third kappa shape index (κ3) is 3.74. The van der Waals surface area contributed by atoms with Gasteiger partial charge in [-0.05, 0) is 48.5 Å². The molecule has 1 N–H and O–H groups in total. The zero-order valence-electron chi connectivity index (χ0n) is 16.6. The molecule has 1 aromatic heterocycles. The normalized spacial score (nSPS) is 14.1. The molecule has 0 spiro atoms. The number of piperazine rings is 1. The van der Waals surface area contributed by atoms with Crippen molar-refractivity contribution in [3.05, 3.63) is 90.6 Å². The fourth-order valence-corrected chi connectivity index (χ4v) is 3.89. The second-order valence-corrected chi connectivity index (χ2v) is 7.46. The zero-order valence-corrected chi connectivity index (χ0v) is 16.6. The molecule has 2 heterocycles. The maximum Gasteiger partial charge on any atom is 0.270 e. The Morgan fingerprint density at radius 3 is 2.20 bits per heavy atom. The molecule has 150 valence electrons. The summed E-state index contributed by atoms with van der Waals surface area (Å²) in [6, 6.07) is 27.8. The minimum atomic E-state index is 0.0458. The molecule has 4 aromatic rings. The third-order valence-corrected chi connectivity index (χ3v) is 5.49. The number of para-hydroxylation sites is 2. The number of carbonyl (C=O) groups excluding carboxylic acids is 1. The molecule has 3 aromatic carbocycles. The Kier molecular flexibility index (Phi) is 4.85. The number of H-pyrrole nitrogens is 1. The molecule has 1 fully saturated rings. The predicted octanol–water partition coefficient (Wildman–Crippen LogP) is 4.92. The van der Waals surface area contributed by atoms with Gasteiger partial charge in [-0.3, -0.25) is 4.79 Å². The number of ether oxygens (including phenoxy) is 1. The van der Waals surface area contributed by atoms with Crippen molar-refractivity contribution in [3.63, 3.8) is 0 Å². The second-order valence-electron chi connectivity index (χ2n) is 7.46. The quantitative estimate of drug-likeness (QED) is 0.532. The highest BCUT2D eigenvalue weighted by Crippen LogP contribution is 2.26. The van der Waals surface area contributed by atoms with Gasteiger partial charge in [0.2, 0.25) is 0 Å². The van der Waals surface area contributed by atoms with Gasteiger partial charge in [0.25, 0.3) is 5.91 Å². The number of benzene rings is 3. The lowest BCUT2D eigenvalue weighted by Crippen LogP contribution is -2.48. The average molecular weight is 397 g/mol. The van der Waals surface area contributed by atoms with E-state index in [2.05, 4.69) is 22.0 Å². The van der Waals surface area contributed by atoms with Crippen LogP contribution in [0.4, 0.5) is 5.69 Å². The van der Waals surface area contributed by atoms with Crippen molar-refractivity contribution in [2.45, 2.75) is 0 Å². The Morgan fingerprint density at radius 2 is 1.47 bits per heavy atom. The van der Waals surface area contributed by atoms with E-state index in [1.807, 2.05) is 77.7 Å². The monoisotopic (exact) mass is 397 g/mol. The van der Waals surface area contributed by atoms with Gasteiger partial charge in [-0.15, -0.1) is 0 Å². The van der Waals surface area contributed by atoms with Gasteiger partial charge in [0.1, 0.15) is 17.2 Å². The summed E-state index contributed by atoms with van der Waals surface area (Å²) >= 11 is 0. The number of hydrogen-bond donors (Lipinski definition) is 1. The first-order chi connectivity index (χ1) is 14.8. The van der Waals surface area contributed by atoms with Gasteiger partial charge in [-0.2, -0.15) is 0 Å². The van der Waals surface area contributed by atoms with Crippen LogP contribution in [0.25, 0.3) is 10.9 Å². The molecule has 0 aliphatic carbocycles. The van der Waals surface area contributed by atoms with Crippen molar-refractivity contribution in [2.75, 3.05) is 31.1 Å². The highest BCUT2D eigenvalue weighted by molar-refractivity contribution is 5.98. The molecule has 0 bridgehead atoms. The van der Waals surface area contributed by atoms with E-state index in [1.165, 1.54) is 5.69 Å². The number of fused-ring (bicyclic) bond motifs is 1. The molecule has 5 nitrogen and oxygen atoms in total. The lowest BCUT2D eigenvalue weighted by atomic mass is 10.2. The molecule has 30 heavy (non-hydrogen) atoms. The van der Waals surface area contributed by atoms with Crippen molar-refractivity contribution in [1.29, 1.82) is 0 Å². The highest BCUT2D eigenvalue weighted by Gasteiger charge is 2.23. The molecule has 0 atom stereocenters. The summed E-state index contributed by atoms with van der Waals surface area (Å²) in [7, 11) is 0. The fourth-order valence-electron chi connectivity index (χ4n) is 3.89. The van der Waals surface area contributed by atoms with Crippen LogP contribution < -0.4 is 9.64 Å². The van der Waals surface area contributed by atoms with Crippen LogP contribution >= 0.6 is 0 Å². The van der Waals surface area contributed by atoms with Crippen LogP contribution in [0.3, 0.4) is 0 Å². The first kappa shape index (κ1) is 18.3. The van der Waals surface area contributed by atoms with Crippen molar-refractivity contribution >= 4 is 22.5 Å². The third-order valence-electron chi connectivity index (χ3n) is 5.49. The Hall–Kier alpha value is -3.73. The molecule has 1 saturated heterocycles. The van der Waals surface area contributed by atoms with Gasteiger partial charge in [0, 0.05) is 42.8 Å². The van der Waals surface area contributed by atoms with E-state index in [9.17, 15) is 4.79 Å². The van der Waals surface area contributed by atoms with Gasteiger partial charge in [0.15, 0.2) is 0 Å². The first-order valence-electron chi connectivity index (χ1n) is 10.2. The second kappa shape index (κ2) is 7.95. The van der Waals surface area contributed by atoms with Gasteiger partial charge in [0.05, 0.1) is 0 Å². The van der Waals surface area contributed by atoms with Crippen LogP contribution in [-0.4, -0.2) is 42.0 Å². The van der Waals surface area contributed by atoms with Crippen LogP contribution in [0.5, 0.6) is 11.5 Å². The van der Waals surface area contributed by atoms with E-state index in [1.54, 1.807) is 0 Å². The van der Waals surface area contributed by atoms with Crippen molar-refractivity contribution in [1.82, 2.24) is 9.88 Å². The summed E-state index contributed by atoms with van der Waals surface area (Å²) in [5.74, 6) is 1.59. The lowest BCUT2D eigenvalue weighted by molar-refractivity contribution is 0.0742. The number of carbonyl (C=O) groups is 1. The zero-order chi connectivity index (χ0) is 20.3. The van der Waals surface area contributed by atoms with Gasteiger partial charge < -0.3 is 19.5 Å². The maximum atomic E-state index is 13.0. The largest absolute Gasteiger partial charge is 0.457 e. The summed E-state index contributed by atoms with van der Waals surface area (Å²) < 4.78 is 5.91. The molecule has 0 saturated carbocycles. The Morgan fingerprint density at radius 1 is 0.767 bits per heavy atom. The number of nitrogens with one attached hydrogen (secondary N) is 1. The summed E-state index contributed by atoms with van der Waals surface area (Å²) in [6.07, 6.45) is 0. The van der Waals surface area contributed by atoms with Crippen LogP contribution in [0.1, 0.15) is 10.5 Å². The first-order valence-corrected chi connectivity index (χ1v) is 10.2. The molecule has 1 amide bonds. The molecule has 1 aliphatic heterocycles. The van der Waals surface area contributed by atoms with E-state index in [4.69, 9.17) is 4.74 Å². The minimum absolute atomic E-state index is 0.0458. The Labute approximate surface area is 175 Å². The van der Waals surface area contributed by atoms with E-state index >= 15 is 0 Å². The smallest absolute Gasteiger partial charge is 0.270 e. The molecular formula is C25H23N3O2. The van der Waals surface area contributed by atoms with Crippen LogP contribution in [0.15, 0.2) is 84.9 Å². The summed E-state index contributed by atoms with van der Waals surface area (Å²) in [6.45, 7) is 3.10. The topological polar surface area (TPSA) is 48.6 Å². The minimum Gasteiger partial charge on any atom is -0.457 e. The van der Waals surface area contributed by atoms with E-state index in [0.717, 1.165) is 35.5 Å². The summed E-state index contributed by atoms with van der Waals surface area (Å²) in [5.41, 5.74) is 2.76. The molecule has 0 radical (unpaired) electrons. The number of nitrogens with zero attached hydrogens (tertiary/aromatic N) is 2.